The molecule has 1 aliphatic rings. The lowest BCUT2D eigenvalue weighted by molar-refractivity contribution is -0.113. The molecule has 0 aliphatic carbocycles. The molecule has 4 nitrogen and oxygen atoms in total. The maximum absolute atomic E-state index is 10.1. The summed E-state index contributed by atoms with van der Waals surface area (Å²) in [5.74, 6) is 0.878. The average Bonchev–Trinajstić information content (AvgIpc) is 2.64. The van der Waals surface area contributed by atoms with Crippen molar-refractivity contribution in [3.63, 3.8) is 0 Å². The minimum Gasteiger partial charge on any atom is -0.494 e. The molecule has 0 amide bonds. The molecule has 0 aromatic heterocycles. The molecule has 3 atom stereocenters. The Bertz CT molecular complexity index is 716. The summed E-state index contributed by atoms with van der Waals surface area (Å²) in [6.45, 7) is 2.57. The highest BCUT2D eigenvalue weighted by molar-refractivity contribution is 9.10. The third-order valence-electron chi connectivity index (χ3n) is 4.65. The van der Waals surface area contributed by atoms with Gasteiger partial charge in [0, 0.05) is 17.3 Å². The first-order valence-corrected chi connectivity index (χ1v) is 9.82. The molecule has 1 aliphatic heterocycles. The molecule has 2 aromatic rings. The number of hydrogen-bond donors (Lipinski definition) is 2. The topological polar surface area (TPSA) is 58.9 Å². The minimum atomic E-state index is -0.441. The standard InChI is InChI=1S/C21H25BrO4/c1-2-25-18-6-3-14(4-7-18)9-16-10-15(5-8-20(16)22)21-12-17(24)11-19(13-23)26-21/h3-8,10,17,19,21,23-24H,2,9,11-13H2,1H3/t17-,19-,21+/m0/s1. The van der Waals surface area contributed by atoms with Gasteiger partial charge in [0.15, 0.2) is 0 Å². The summed E-state index contributed by atoms with van der Waals surface area (Å²) in [4.78, 5) is 0. The molecule has 3 rings (SSSR count). The fraction of sp³-hybridized carbons (Fsp3) is 0.429. The fourth-order valence-electron chi connectivity index (χ4n) is 3.34. The van der Waals surface area contributed by atoms with Crippen LogP contribution in [0.25, 0.3) is 0 Å². The summed E-state index contributed by atoms with van der Waals surface area (Å²) in [6.07, 6.45) is 0.900. The van der Waals surface area contributed by atoms with Crippen LogP contribution >= 0.6 is 15.9 Å². The quantitative estimate of drug-likeness (QED) is 0.740. The molecule has 2 N–H and O–H groups in total. The van der Waals surface area contributed by atoms with Crippen LogP contribution in [0.15, 0.2) is 46.9 Å². The van der Waals surface area contributed by atoms with Crippen LogP contribution in [-0.2, 0) is 11.2 Å². The van der Waals surface area contributed by atoms with Gasteiger partial charge in [-0.3, -0.25) is 0 Å². The van der Waals surface area contributed by atoms with Crippen LogP contribution < -0.4 is 4.74 Å². The number of aliphatic hydroxyl groups is 2. The van der Waals surface area contributed by atoms with Crippen LogP contribution in [0.5, 0.6) is 5.75 Å². The van der Waals surface area contributed by atoms with Crippen molar-refractivity contribution in [2.24, 2.45) is 0 Å². The van der Waals surface area contributed by atoms with Crippen molar-refractivity contribution in [1.82, 2.24) is 0 Å². The molecule has 26 heavy (non-hydrogen) atoms. The molecule has 0 spiro atoms. The smallest absolute Gasteiger partial charge is 0.119 e. The molecule has 1 saturated heterocycles. The first-order valence-electron chi connectivity index (χ1n) is 9.03. The van der Waals surface area contributed by atoms with E-state index in [-0.39, 0.29) is 18.8 Å². The van der Waals surface area contributed by atoms with Crippen LogP contribution in [0, 0.1) is 0 Å². The summed E-state index contributed by atoms with van der Waals surface area (Å²) in [6, 6.07) is 14.3. The Kier molecular flexibility index (Phi) is 6.70. The third kappa shape index (κ3) is 4.86. The molecule has 0 saturated carbocycles. The first-order chi connectivity index (χ1) is 12.6. The molecule has 1 heterocycles. The Morgan fingerprint density at radius 2 is 1.92 bits per heavy atom. The lowest BCUT2D eigenvalue weighted by Gasteiger charge is -2.32. The van der Waals surface area contributed by atoms with E-state index in [4.69, 9.17) is 9.47 Å². The molecular formula is C21H25BrO4. The van der Waals surface area contributed by atoms with Crippen LogP contribution in [0.3, 0.4) is 0 Å². The molecule has 0 unspecified atom stereocenters. The van der Waals surface area contributed by atoms with Gasteiger partial charge in [0.1, 0.15) is 5.75 Å². The molecule has 2 aromatic carbocycles. The number of benzene rings is 2. The summed E-state index contributed by atoms with van der Waals surface area (Å²) >= 11 is 3.63. The Morgan fingerprint density at radius 3 is 2.62 bits per heavy atom. The average molecular weight is 421 g/mol. The van der Waals surface area contributed by atoms with Gasteiger partial charge in [0.05, 0.1) is 31.5 Å². The zero-order chi connectivity index (χ0) is 18.5. The SMILES string of the molecule is CCOc1ccc(Cc2cc([C@H]3C[C@@H](O)C[C@@H](CO)O3)ccc2Br)cc1. The largest absolute Gasteiger partial charge is 0.494 e. The number of aliphatic hydroxyl groups excluding tert-OH is 2. The Labute approximate surface area is 162 Å². The molecular weight excluding hydrogens is 396 g/mol. The lowest BCUT2D eigenvalue weighted by Crippen LogP contribution is -2.33. The zero-order valence-electron chi connectivity index (χ0n) is 14.9. The van der Waals surface area contributed by atoms with E-state index in [2.05, 4.69) is 34.1 Å². The maximum Gasteiger partial charge on any atom is 0.119 e. The van der Waals surface area contributed by atoms with Crippen LogP contribution in [0.1, 0.15) is 42.6 Å². The summed E-state index contributed by atoms with van der Waals surface area (Å²) < 4.78 is 12.5. The maximum atomic E-state index is 10.1. The van der Waals surface area contributed by atoms with Crippen molar-refractivity contribution in [2.75, 3.05) is 13.2 Å². The highest BCUT2D eigenvalue weighted by Gasteiger charge is 2.29. The van der Waals surface area contributed by atoms with E-state index in [0.717, 1.165) is 27.8 Å². The van der Waals surface area contributed by atoms with Crippen molar-refractivity contribution in [3.8, 4) is 5.75 Å². The van der Waals surface area contributed by atoms with Gasteiger partial charge in [-0.25, -0.2) is 0 Å². The fourth-order valence-corrected chi connectivity index (χ4v) is 3.73. The van der Waals surface area contributed by atoms with Gasteiger partial charge in [-0.1, -0.05) is 40.2 Å². The highest BCUT2D eigenvalue weighted by atomic mass is 79.9. The predicted molar refractivity (Wildman–Crippen MR) is 104 cm³/mol. The number of rotatable bonds is 6. The molecule has 1 fully saturated rings. The van der Waals surface area contributed by atoms with E-state index < -0.39 is 6.10 Å². The van der Waals surface area contributed by atoms with Gasteiger partial charge in [-0.05, 0) is 48.2 Å². The molecule has 140 valence electrons. The monoisotopic (exact) mass is 420 g/mol. The van der Waals surface area contributed by atoms with Gasteiger partial charge >= 0.3 is 0 Å². The number of ether oxygens (including phenoxy) is 2. The van der Waals surface area contributed by atoms with Gasteiger partial charge in [0.25, 0.3) is 0 Å². The van der Waals surface area contributed by atoms with Crippen LogP contribution in [-0.4, -0.2) is 35.6 Å². The van der Waals surface area contributed by atoms with Gasteiger partial charge < -0.3 is 19.7 Å². The Balaban J connectivity index is 1.77. The highest BCUT2D eigenvalue weighted by Crippen LogP contribution is 2.33. The lowest BCUT2D eigenvalue weighted by atomic mass is 9.94. The van der Waals surface area contributed by atoms with Gasteiger partial charge in [-0.2, -0.15) is 0 Å². The molecule has 5 heteroatoms. The molecule has 0 bridgehead atoms. The van der Waals surface area contributed by atoms with E-state index >= 15 is 0 Å². The van der Waals surface area contributed by atoms with E-state index in [1.54, 1.807) is 0 Å². The van der Waals surface area contributed by atoms with Crippen molar-refractivity contribution < 1.29 is 19.7 Å². The normalized spacial score (nSPS) is 23.0. The van der Waals surface area contributed by atoms with Gasteiger partial charge in [0.2, 0.25) is 0 Å². The first kappa shape index (κ1) is 19.4. The van der Waals surface area contributed by atoms with Crippen molar-refractivity contribution in [2.45, 2.75) is 44.5 Å². The van der Waals surface area contributed by atoms with Crippen LogP contribution in [0.2, 0.25) is 0 Å². The number of hydrogen-bond acceptors (Lipinski definition) is 4. The summed E-state index contributed by atoms with van der Waals surface area (Å²) in [7, 11) is 0. The minimum absolute atomic E-state index is 0.0663. The van der Waals surface area contributed by atoms with Crippen LogP contribution in [0.4, 0.5) is 0 Å². The second-order valence-corrected chi connectivity index (χ2v) is 7.51. The third-order valence-corrected chi connectivity index (χ3v) is 5.43. The number of halogens is 1. The summed E-state index contributed by atoms with van der Waals surface area (Å²) in [5.41, 5.74) is 3.39. The van der Waals surface area contributed by atoms with Gasteiger partial charge in [-0.15, -0.1) is 0 Å². The van der Waals surface area contributed by atoms with E-state index in [9.17, 15) is 10.2 Å². The van der Waals surface area contributed by atoms with E-state index in [1.165, 1.54) is 5.56 Å². The Morgan fingerprint density at radius 1 is 1.15 bits per heavy atom. The van der Waals surface area contributed by atoms with E-state index in [0.29, 0.717) is 19.4 Å². The van der Waals surface area contributed by atoms with Crippen molar-refractivity contribution >= 4 is 15.9 Å². The predicted octanol–water partition coefficient (Wildman–Crippen LogP) is 4.01. The molecule has 0 radical (unpaired) electrons. The summed E-state index contributed by atoms with van der Waals surface area (Å²) in [5, 5.41) is 19.4. The van der Waals surface area contributed by atoms with Crippen molar-refractivity contribution in [1.29, 1.82) is 0 Å². The second-order valence-electron chi connectivity index (χ2n) is 6.66. The Hall–Kier alpha value is -1.40. The zero-order valence-corrected chi connectivity index (χ0v) is 16.5. The van der Waals surface area contributed by atoms with E-state index in [1.807, 2.05) is 31.2 Å². The van der Waals surface area contributed by atoms with Crippen molar-refractivity contribution in [3.05, 3.63) is 63.6 Å². The second kappa shape index (κ2) is 9.00.